The van der Waals surface area contributed by atoms with E-state index in [1.54, 1.807) is 0 Å². The molecule has 0 amide bonds. The Morgan fingerprint density at radius 1 is 1.35 bits per heavy atom. The monoisotopic (exact) mass is 335 g/mol. The van der Waals surface area contributed by atoms with Crippen LogP contribution < -0.4 is 5.32 Å². The molecule has 2 aromatic rings. The molecule has 0 radical (unpaired) electrons. The largest absolute Gasteiger partial charge is 0.314 e. The number of halogens is 1. The first kappa shape index (κ1) is 15.3. The van der Waals surface area contributed by atoms with Crippen molar-refractivity contribution in [3.63, 3.8) is 0 Å². The van der Waals surface area contributed by atoms with Crippen molar-refractivity contribution in [2.45, 2.75) is 32.2 Å². The Bertz CT molecular complexity index is 548. The first-order valence-corrected chi connectivity index (χ1v) is 7.80. The van der Waals surface area contributed by atoms with Crippen LogP contribution in [0.4, 0.5) is 0 Å². The molecule has 1 unspecified atom stereocenters. The average molecular weight is 336 g/mol. The van der Waals surface area contributed by atoms with E-state index in [-0.39, 0.29) is 0 Å². The van der Waals surface area contributed by atoms with E-state index in [4.69, 9.17) is 0 Å². The Hall–Kier alpha value is -1.13. The van der Waals surface area contributed by atoms with E-state index in [1.807, 2.05) is 17.9 Å². The summed E-state index contributed by atoms with van der Waals surface area (Å²) in [5.41, 5.74) is 2.64. The maximum absolute atomic E-state index is 4.26. The fourth-order valence-corrected chi connectivity index (χ4v) is 2.73. The number of hydrogen-bond donors (Lipinski definition) is 1. The third kappa shape index (κ3) is 4.46. The van der Waals surface area contributed by atoms with Crippen molar-refractivity contribution in [3.8, 4) is 0 Å². The van der Waals surface area contributed by atoms with Crippen LogP contribution in [0, 0.1) is 0 Å². The normalized spacial score (nSPS) is 12.8. The Morgan fingerprint density at radius 3 is 2.75 bits per heavy atom. The van der Waals surface area contributed by atoms with Crippen molar-refractivity contribution >= 4 is 15.9 Å². The average Bonchev–Trinajstić information content (AvgIpc) is 2.80. The molecule has 0 fully saturated rings. The van der Waals surface area contributed by atoms with Gasteiger partial charge in [-0.1, -0.05) is 41.9 Å². The molecule has 0 aliphatic heterocycles. The van der Waals surface area contributed by atoms with Gasteiger partial charge in [0.15, 0.2) is 0 Å². The molecule has 1 N–H and O–H groups in total. The topological polar surface area (TPSA) is 29.9 Å². The minimum absolute atomic E-state index is 0.457. The molecular weight excluding hydrogens is 314 g/mol. The minimum atomic E-state index is 0.457. The van der Waals surface area contributed by atoms with Crippen LogP contribution in [0.3, 0.4) is 0 Å². The first-order valence-electron chi connectivity index (χ1n) is 7.01. The standard InChI is InChI=1S/C16H22BrN3/c1-12(2)18-10-15(7-13-9-19-20(3)11-13)14-5-4-6-16(17)8-14/h4-6,8-9,11-12,15,18H,7,10H2,1-3H3. The van der Waals surface area contributed by atoms with Crippen molar-refractivity contribution in [2.24, 2.45) is 7.05 Å². The highest BCUT2D eigenvalue weighted by molar-refractivity contribution is 9.10. The van der Waals surface area contributed by atoms with Crippen molar-refractivity contribution in [1.82, 2.24) is 15.1 Å². The Kier molecular flexibility index (Phi) is 5.38. The van der Waals surface area contributed by atoms with Crippen LogP contribution in [-0.2, 0) is 13.5 Å². The first-order chi connectivity index (χ1) is 9.54. The number of nitrogens with one attached hydrogen (secondary N) is 1. The zero-order valence-corrected chi connectivity index (χ0v) is 13.9. The lowest BCUT2D eigenvalue weighted by Crippen LogP contribution is -2.28. The summed E-state index contributed by atoms with van der Waals surface area (Å²) in [6.45, 7) is 5.34. The van der Waals surface area contributed by atoms with Crippen LogP contribution in [0.15, 0.2) is 41.1 Å². The van der Waals surface area contributed by atoms with Crippen LogP contribution in [0.5, 0.6) is 0 Å². The van der Waals surface area contributed by atoms with Gasteiger partial charge in [-0.2, -0.15) is 5.10 Å². The van der Waals surface area contributed by atoms with Gasteiger partial charge in [-0.05, 0) is 29.7 Å². The summed E-state index contributed by atoms with van der Waals surface area (Å²) in [5, 5.41) is 7.81. The van der Waals surface area contributed by atoms with Gasteiger partial charge in [0.1, 0.15) is 0 Å². The maximum atomic E-state index is 4.26. The van der Waals surface area contributed by atoms with Gasteiger partial charge in [0.2, 0.25) is 0 Å². The van der Waals surface area contributed by atoms with Crippen molar-refractivity contribution in [1.29, 1.82) is 0 Å². The highest BCUT2D eigenvalue weighted by Gasteiger charge is 2.14. The summed E-state index contributed by atoms with van der Waals surface area (Å²) >= 11 is 3.56. The number of rotatable bonds is 6. The van der Waals surface area contributed by atoms with Gasteiger partial charge >= 0.3 is 0 Å². The van der Waals surface area contributed by atoms with Gasteiger partial charge < -0.3 is 5.32 Å². The molecular formula is C16H22BrN3. The fourth-order valence-electron chi connectivity index (χ4n) is 2.31. The van der Waals surface area contributed by atoms with E-state index >= 15 is 0 Å². The number of nitrogens with zero attached hydrogens (tertiary/aromatic N) is 2. The summed E-state index contributed by atoms with van der Waals surface area (Å²) in [4.78, 5) is 0. The van der Waals surface area contributed by atoms with Gasteiger partial charge in [0.05, 0.1) is 6.20 Å². The van der Waals surface area contributed by atoms with Gasteiger partial charge in [-0.25, -0.2) is 0 Å². The van der Waals surface area contributed by atoms with Gasteiger partial charge in [-0.15, -0.1) is 0 Å². The summed E-state index contributed by atoms with van der Waals surface area (Å²) in [5.74, 6) is 0.457. The summed E-state index contributed by atoms with van der Waals surface area (Å²) in [6.07, 6.45) is 5.06. The molecule has 0 spiro atoms. The molecule has 0 aliphatic rings. The number of aryl methyl sites for hydroxylation is 1. The highest BCUT2D eigenvalue weighted by Crippen LogP contribution is 2.23. The lowest BCUT2D eigenvalue weighted by molar-refractivity contribution is 0.526. The van der Waals surface area contributed by atoms with Crippen LogP contribution in [0.1, 0.15) is 30.9 Å². The predicted molar refractivity (Wildman–Crippen MR) is 86.9 cm³/mol. The molecule has 1 heterocycles. The summed E-state index contributed by atoms with van der Waals surface area (Å²) < 4.78 is 3.00. The Labute approximate surface area is 129 Å². The smallest absolute Gasteiger partial charge is 0.0521 e. The van der Waals surface area contributed by atoms with Crippen molar-refractivity contribution in [3.05, 3.63) is 52.3 Å². The molecule has 1 atom stereocenters. The van der Waals surface area contributed by atoms with E-state index in [9.17, 15) is 0 Å². The Balaban J connectivity index is 2.15. The SMILES string of the molecule is CC(C)NCC(Cc1cnn(C)c1)c1cccc(Br)c1. The van der Waals surface area contributed by atoms with Crippen molar-refractivity contribution < 1.29 is 0 Å². The molecule has 0 saturated carbocycles. The minimum Gasteiger partial charge on any atom is -0.314 e. The van der Waals surface area contributed by atoms with E-state index in [1.165, 1.54) is 11.1 Å². The maximum Gasteiger partial charge on any atom is 0.0521 e. The second-order valence-corrected chi connectivity index (χ2v) is 6.46. The molecule has 1 aromatic carbocycles. The van der Waals surface area contributed by atoms with E-state index in [0.717, 1.165) is 17.4 Å². The molecule has 3 nitrogen and oxygen atoms in total. The van der Waals surface area contributed by atoms with Crippen LogP contribution >= 0.6 is 15.9 Å². The molecule has 0 aliphatic carbocycles. The highest BCUT2D eigenvalue weighted by atomic mass is 79.9. The molecule has 1 aromatic heterocycles. The third-order valence-corrected chi connectivity index (χ3v) is 3.83. The number of aromatic nitrogens is 2. The van der Waals surface area contributed by atoms with E-state index in [0.29, 0.717) is 12.0 Å². The molecule has 0 saturated heterocycles. The van der Waals surface area contributed by atoms with Crippen LogP contribution in [0.2, 0.25) is 0 Å². The zero-order valence-electron chi connectivity index (χ0n) is 12.3. The van der Waals surface area contributed by atoms with Crippen LogP contribution in [-0.4, -0.2) is 22.4 Å². The second-order valence-electron chi connectivity index (χ2n) is 5.54. The fraction of sp³-hybridized carbons (Fsp3) is 0.438. The van der Waals surface area contributed by atoms with Gasteiger partial charge in [0.25, 0.3) is 0 Å². The number of benzene rings is 1. The lowest BCUT2D eigenvalue weighted by atomic mass is 9.93. The third-order valence-electron chi connectivity index (χ3n) is 3.33. The Morgan fingerprint density at radius 2 is 2.15 bits per heavy atom. The molecule has 108 valence electrons. The molecule has 0 bridgehead atoms. The molecule has 2 rings (SSSR count). The van der Waals surface area contributed by atoms with Crippen molar-refractivity contribution in [2.75, 3.05) is 6.54 Å². The lowest BCUT2D eigenvalue weighted by Gasteiger charge is -2.19. The zero-order chi connectivity index (χ0) is 14.5. The second kappa shape index (κ2) is 7.04. The summed E-state index contributed by atoms with van der Waals surface area (Å²) in [6, 6.07) is 9.08. The van der Waals surface area contributed by atoms with E-state index < -0.39 is 0 Å². The van der Waals surface area contributed by atoms with E-state index in [2.05, 4.69) is 70.7 Å². The quantitative estimate of drug-likeness (QED) is 0.875. The predicted octanol–water partition coefficient (Wildman–Crippen LogP) is 3.51. The molecule has 20 heavy (non-hydrogen) atoms. The van der Waals surface area contributed by atoms with Gasteiger partial charge in [-0.3, -0.25) is 4.68 Å². The summed E-state index contributed by atoms with van der Waals surface area (Å²) in [7, 11) is 1.96. The number of hydrogen-bond acceptors (Lipinski definition) is 2. The van der Waals surface area contributed by atoms with Gasteiger partial charge in [0, 0.05) is 36.2 Å². The molecule has 4 heteroatoms. The van der Waals surface area contributed by atoms with Crippen LogP contribution in [0.25, 0.3) is 0 Å².